The van der Waals surface area contributed by atoms with E-state index in [-0.39, 0.29) is 5.91 Å². The fourth-order valence-electron chi connectivity index (χ4n) is 1.79. The molecule has 1 heterocycles. The van der Waals surface area contributed by atoms with Crippen LogP contribution in [-0.2, 0) is 9.47 Å². The third-order valence-corrected chi connectivity index (χ3v) is 2.87. The van der Waals surface area contributed by atoms with Gasteiger partial charge in [0, 0.05) is 33.0 Å². The van der Waals surface area contributed by atoms with Gasteiger partial charge in [-0.3, -0.25) is 9.78 Å². The standard InChI is InChI=1S/C15H25N3O3/c1-3-17-14-12-16-8-6-13(14)15(19)18-7-4-5-9-21-11-10-20-2/h6,8,12,17H,3-5,7,9-11H2,1-2H3,(H,18,19). The van der Waals surface area contributed by atoms with E-state index in [2.05, 4.69) is 15.6 Å². The molecule has 118 valence electrons. The molecule has 0 fully saturated rings. The average molecular weight is 295 g/mol. The quantitative estimate of drug-likeness (QED) is 0.608. The molecule has 6 nitrogen and oxygen atoms in total. The Labute approximate surface area is 126 Å². The Morgan fingerprint density at radius 3 is 2.90 bits per heavy atom. The molecule has 6 heteroatoms. The topological polar surface area (TPSA) is 72.5 Å². The van der Waals surface area contributed by atoms with Crippen LogP contribution in [0.25, 0.3) is 0 Å². The van der Waals surface area contributed by atoms with Gasteiger partial charge >= 0.3 is 0 Å². The number of rotatable bonds is 11. The normalized spacial score (nSPS) is 10.4. The van der Waals surface area contributed by atoms with Gasteiger partial charge < -0.3 is 20.1 Å². The van der Waals surface area contributed by atoms with Crippen LogP contribution >= 0.6 is 0 Å². The van der Waals surface area contributed by atoms with E-state index < -0.39 is 0 Å². The molecule has 0 aliphatic heterocycles. The summed E-state index contributed by atoms with van der Waals surface area (Å²) in [6, 6.07) is 1.72. The zero-order valence-corrected chi connectivity index (χ0v) is 12.9. The Hall–Kier alpha value is -1.66. The highest BCUT2D eigenvalue weighted by molar-refractivity contribution is 5.99. The van der Waals surface area contributed by atoms with Gasteiger partial charge in [0.2, 0.25) is 0 Å². The molecule has 0 aliphatic rings. The van der Waals surface area contributed by atoms with Crippen LogP contribution in [0.15, 0.2) is 18.5 Å². The highest BCUT2D eigenvalue weighted by atomic mass is 16.5. The van der Waals surface area contributed by atoms with Crippen LogP contribution in [0, 0.1) is 0 Å². The minimum absolute atomic E-state index is 0.0753. The fraction of sp³-hybridized carbons (Fsp3) is 0.600. The second-order valence-corrected chi connectivity index (χ2v) is 4.52. The molecular weight excluding hydrogens is 270 g/mol. The summed E-state index contributed by atoms with van der Waals surface area (Å²) in [7, 11) is 1.65. The Bertz CT molecular complexity index is 413. The average Bonchev–Trinajstić information content (AvgIpc) is 2.50. The maximum absolute atomic E-state index is 12.1. The van der Waals surface area contributed by atoms with E-state index in [1.54, 1.807) is 25.6 Å². The molecule has 1 rings (SSSR count). The third-order valence-electron chi connectivity index (χ3n) is 2.87. The molecule has 0 atom stereocenters. The van der Waals surface area contributed by atoms with Crippen LogP contribution < -0.4 is 10.6 Å². The summed E-state index contributed by atoms with van der Waals surface area (Å²) in [5, 5.41) is 6.04. The van der Waals surface area contributed by atoms with Crippen molar-refractivity contribution in [2.75, 3.05) is 45.3 Å². The van der Waals surface area contributed by atoms with Crippen LogP contribution in [0.4, 0.5) is 5.69 Å². The predicted octanol–water partition coefficient (Wildman–Crippen LogP) is 1.69. The van der Waals surface area contributed by atoms with Crippen LogP contribution in [0.3, 0.4) is 0 Å². The van der Waals surface area contributed by atoms with Crippen molar-refractivity contribution < 1.29 is 14.3 Å². The summed E-state index contributed by atoms with van der Waals surface area (Å²) in [6.45, 7) is 5.30. The summed E-state index contributed by atoms with van der Waals surface area (Å²) in [5.74, 6) is -0.0753. The van der Waals surface area contributed by atoms with Crippen LogP contribution in [0.1, 0.15) is 30.1 Å². The number of carbonyl (C=O) groups excluding carboxylic acids is 1. The molecule has 1 aromatic rings. The van der Waals surface area contributed by atoms with Crippen LogP contribution in [0.2, 0.25) is 0 Å². The zero-order valence-electron chi connectivity index (χ0n) is 12.9. The van der Waals surface area contributed by atoms with E-state index in [1.807, 2.05) is 6.92 Å². The van der Waals surface area contributed by atoms with Gasteiger partial charge in [0.25, 0.3) is 5.91 Å². The van der Waals surface area contributed by atoms with Gasteiger partial charge in [-0.05, 0) is 25.8 Å². The van der Waals surface area contributed by atoms with Gasteiger partial charge in [-0.1, -0.05) is 0 Å². The van der Waals surface area contributed by atoms with E-state index >= 15 is 0 Å². The number of hydrogen-bond acceptors (Lipinski definition) is 5. The molecule has 1 aromatic heterocycles. The third kappa shape index (κ3) is 7.06. The number of hydrogen-bond donors (Lipinski definition) is 2. The minimum atomic E-state index is -0.0753. The lowest BCUT2D eigenvalue weighted by Crippen LogP contribution is -2.25. The molecule has 0 unspecified atom stereocenters. The maximum atomic E-state index is 12.1. The van der Waals surface area contributed by atoms with Gasteiger partial charge in [0.15, 0.2) is 0 Å². The second-order valence-electron chi connectivity index (χ2n) is 4.52. The first-order valence-electron chi connectivity index (χ1n) is 7.32. The van der Waals surface area contributed by atoms with Crippen LogP contribution in [-0.4, -0.2) is 50.9 Å². The lowest BCUT2D eigenvalue weighted by molar-refractivity contribution is 0.0686. The highest BCUT2D eigenvalue weighted by Crippen LogP contribution is 2.12. The molecule has 0 bridgehead atoms. The van der Waals surface area contributed by atoms with Crippen molar-refractivity contribution in [3.63, 3.8) is 0 Å². The summed E-state index contributed by atoms with van der Waals surface area (Å²) in [4.78, 5) is 16.1. The molecule has 0 aromatic carbocycles. The van der Waals surface area contributed by atoms with Gasteiger partial charge in [0.1, 0.15) is 0 Å². The number of carbonyl (C=O) groups is 1. The largest absolute Gasteiger partial charge is 0.383 e. The number of aromatic nitrogens is 1. The van der Waals surface area contributed by atoms with Gasteiger partial charge in [-0.25, -0.2) is 0 Å². The zero-order chi connectivity index (χ0) is 15.3. The summed E-state index contributed by atoms with van der Waals surface area (Å²) in [6.07, 6.45) is 5.10. The Kier molecular flexibility index (Phi) is 9.15. The first kappa shape index (κ1) is 17.4. The summed E-state index contributed by atoms with van der Waals surface area (Å²) < 4.78 is 10.2. The first-order valence-corrected chi connectivity index (χ1v) is 7.32. The van der Waals surface area contributed by atoms with E-state index in [1.165, 1.54) is 0 Å². The van der Waals surface area contributed by atoms with Crippen molar-refractivity contribution in [3.8, 4) is 0 Å². The second kappa shape index (κ2) is 11.0. The minimum Gasteiger partial charge on any atom is -0.383 e. The lowest BCUT2D eigenvalue weighted by Gasteiger charge is -2.10. The molecule has 0 radical (unpaired) electrons. The fourth-order valence-corrected chi connectivity index (χ4v) is 1.79. The van der Waals surface area contributed by atoms with Crippen molar-refractivity contribution in [1.29, 1.82) is 0 Å². The highest BCUT2D eigenvalue weighted by Gasteiger charge is 2.09. The smallest absolute Gasteiger partial charge is 0.253 e. The summed E-state index contributed by atoms with van der Waals surface area (Å²) in [5.41, 5.74) is 1.39. The number of anilines is 1. The molecule has 21 heavy (non-hydrogen) atoms. The number of nitrogens with one attached hydrogen (secondary N) is 2. The Balaban J connectivity index is 2.22. The van der Waals surface area contributed by atoms with Gasteiger partial charge in [-0.15, -0.1) is 0 Å². The molecule has 0 saturated heterocycles. The Morgan fingerprint density at radius 2 is 2.14 bits per heavy atom. The monoisotopic (exact) mass is 295 g/mol. The number of methoxy groups -OCH3 is 1. The van der Waals surface area contributed by atoms with Crippen molar-refractivity contribution in [2.24, 2.45) is 0 Å². The van der Waals surface area contributed by atoms with E-state index in [0.29, 0.717) is 31.9 Å². The number of nitrogens with zero attached hydrogens (tertiary/aromatic N) is 1. The van der Waals surface area contributed by atoms with E-state index in [0.717, 1.165) is 25.1 Å². The number of unbranched alkanes of at least 4 members (excludes halogenated alkanes) is 1. The number of ether oxygens (including phenoxy) is 2. The van der Waals surface area contributed by atoms with E-state index in [9.17, 15) is 4.79 Å². The first-order chi connectivity index (χ1) is 10.3. The molecule has 0 aliphatic carbocycles. The van der Waals surface area contributed by atoms with Gasteiger partial charge in [-0.2, -0.15) is 0 Å². The van der Waals surface area contributed by atoms with Crippen molar-refractivity contribution in [2.45, 2.75) is 19.8 Å². The molecule has 1 amide bonds. The van der Waals surface area contributed by atoms with Crippen molar-refractivity contribution >= 4 is 11.6 Å². The maximum Gasteiger partial charge on any atom is 0.253 e. The SMILES string of the molecule is CCNc1cnccc1C(=O)NCCCCOCCOC. The van der Waals surface area contributed by atoms with Gasteiger partial charge in [0.05, 0.1) is 30.7 Å². The van der Waals surface area contributed by atoms with Crippen molar-refractivity contribution in [3.05, 3.63) is 24.0 Å². The lowest BCUT2D eigenvalue weighted by atomic mass is 10.2. The van der Waals surface area contributed by atoms with Crippen molar-refractivity contribution in [1.82, 2.24) is 10.3 Å². The molecule has 0 saturated carbocycles. The number of pyridine rings is 1. The Morgan fingerprint density at radius 1 is 1.29 bits per heavy atom. The van der Waals surface area contributed by atoms with E-state index in [4.69, 9.17) is 9.47 Å². The number of amides is 1. The molecular formula is C15H25N3O3. The summed E-state index contributed by atoms with van der Waals surface area (Å²) >= 11 is 0. The predicted molar refractivity (Wildman–Crippen MR) is 82.7 cm³/mol. The van der Waals surface area contributed by atoms with Crippen LogP contribution in [0.5, 0.6) is 0 Å². The molecule has 2 N–H and O–H groups in total. The molecule has 0 spiro atoms.